The lowest BCUT2D eigenvalue weighted by Crippen LogP contribution is -2.31. The van der Waals surface area contributed by atoms with Gasteiger partial charge in [-0.1, -0.05) is 6.07 Å². The van der Waals surface area contributed by atoms with Gasteiger partial charge < -0.3 is 14.9 Å². The van der Waals surface area contributed by atoms with Crippen LogP contribution in [-0.4, -0.2) is 47.5 Å². The number of carboxylic acids is 1. The number of hydrazone groups is 1. The fourth-order valence-corrected chi connectivity index (χ4v) is 2.12. The Morgan fingerprint density at radius 2 is 2.14 bits per heavy atom. The molecule has 8 nitrogen and oxygen atoms in total. The molecule has 1 aromatic carbocycles. The van der Waals surface area contributed by atoms with Gasteiger partial charge >= 0.3 is 11.9 Å². The normalized spacial score (nSPS) is 17.4. The highest BCUT2D eigenvalue weighted by Crippen LogP contribution is 2.26. The number of rotatable bonds is 5. The van der Waals surface area contributed by atoms with Crippen molar-refractivity contribution in [1.82, 2.24) is 0 Å². The van der Waals surface area contributed by atoms with Crippen molar-refractivity contribution in [3.05, 3.63) is 29.8 Å². The van der Waals surface area contributed by atoms with E-state index >= 15 is 0 Å². The number of hydrogen-bond donors (Lipinski definition) is 2. The Morgan fingerprint density at radius 1 is 1.41 bits per heavy atom. The summed E-state index contributed by atoms with van der Waals surface area (Å²) in [5, 5.41) is 22.9. The number of carboxylic acid groups (broad SMARTS) is 1. The molecule has 1 unspecified atom stereocenters. The van der Waals surface area contributed by atoms with Gasteiger partial charge in [-0.05, 0) is 24.6 Å². The number of carbonyl (C=O) groups excluding carboxylic acids is 2. The van der Waals surface area contributed by atoms with E-state index in [9.17, 15) is 14.4 Å². The summed E-state index contributed by atoms with van der Waals surface area (Å²) >= 11 is 0. The number of hydrogen-bond acceptors (Lipinski definition) is 6. The third kappa shape index (κ3) is 2.82. The lowest BCUT2D eigenvalue weighted by molar-refractivity contribution is -0.133. The zero-order valence-corrected chi connectivity index (χ0v) is 11.7. The molecule has 1 aliphatic heterocycles. The van der Waals surface area contributed by atoms with Crippen molar-refractivity contribution < 1.29 is 29.3 Å². The number of aliphatic hydroxyl groups excluding tert-OH is 1. The molecule has 1 aliphatic rings. The van der Waals surface area contributed by atoms with Crippen molar-refractivity contribution in [3.63, 3.8) is 0 Å². The molecule has 2 rings (SSSR count). The summed E-state index contributed by atoms with van der Waals surface area (Å²) in [5.74, 6) is -3.33. The van der Waals surface area contributed by atoms with Crippen molar-refractivity contribution in [2.75, 3.05) is 18.7 Å². The third-order valence-corrected chi connectivity index (χ3v) is 3.19. The summed E-state index contributed by atoms with van der Waals surface area (Å²) in [7, 11) is 1.17. The van der Waals surface area contributed by atoms with Gasteiger partial charge in [0.2, 0.25) is 0 Å². The minimum Gasteiger partial charge on any atom is -0.478 e. The predicted octanol–water partition coefficient (Wildman–Crippen LogP) is 0.259. The maximum atomic E-state index is 12.4. The summed E-state index contributed by atoms with van der Waals surface area (Å²) in [6.45, 7) is -0.296. The fraction of sp³-hybridized carbons (Fsp3) is 0.286. The summed E-state index contributed by atoms with van der Waals surface area (Å²) in [5.41, 5.74) is 0.111. The van der Waals surface area contributed by atoms with Gasteiger partial charge in [-0.15, -0.1) is 0 Å². The molecule has 0 saturated carbocycles. The molecule has 1 atom stereocenters. The first-order chi connectivity index (χ1) is 10.5. The van der Waals surface area contributed by atoms with Crippen LogP contribution in [-0.2, 0) is 14.3 Å². The Hall–Kier alpha value is -2.74. The summed E-state index contributed by atoms with van der Waals surface area (Å²) < 4.78 is 4.58. The van der Waals surface area contributed by atoms with E-state index in [1.807, 2.05) is 0 Å². The van der Waals surface area contributed by atoms with Gasteiger partial charge in [0.25, 0.3) is 5.91 Å². The van der Waals surface area contributed by atoms with Crippen LogP contribution in [0.5, 0.6) is 0 Å². The number of anilines is 1. The Morgan fingerprint density at radius 3 is 2.73 bits per heavy atom. The lowest BCUT2D eigenvalue weighted by atomic mass is 10.00. The number of nitrogens with zero attached hydrogens (tertiary/aromatic N) is 2. The van der Waals surface area contributed by atoms with Crippen LogP contribution < -0.4 is 5.01 Å². The Labute approximate surface area is 125 Å². The lowest BCUT2D eigenvalue weighted by Gasteiger charge is -2.14. The maximum absolute atomic E-state index is 12.4. The molecule has 0 radical (unpaired) electrons. The van der Waals surface area contributed by atoms with Gasteiger partial charge in [-0.3, -0.25) is 4.79 Å². The van der Waals surface area contributed by atoms with E-state index in [2.05, 4.69) is 9.84 Å². The Bertz CT molecular complexity index is 654. The van der Waals surface area contributed by atoms with E-state index in [0.29, 0.717) is 0 Å². The predicted molar refractivity (Wildman–Crippen MR) is 75.5 cm³/mol. The molecule has 1 aromatic rings. The number of methoxy groups -OCH3 is 1. The van der Waals surface area contributed by atoms with Crippen molar-refractivity contribution in [1.29, 1.82) is 0 Å². The largest absolute Gasteiger partial charge is 0.478 e. The van der Waals surface area contributed by atoms with Gasteiger partial charge in [-0.25, -0.2) is 9.59 Å². The highest BCUT2D eigenvalue weighted by Gasteiger charge is 2.40. The molecule has 0 bridgehead atoms. The van der Waals surface area contributed by atoms with Crippen LogP contribution in [0.1, 0.15) is 16.8 Å². The van der Waals surface area contributed by atoms with Gasteiger partial charge in [0.1, 0.15) is 0 Å². The van der Waals surface area contributed by atoms with E-state index in [1.165, 1.54) is 31.4 Å². The molecule has 8 heteroatoms. The quantitative estimate of drug-likeness (QED) is 0.754. The van der Waals surface area contributed by atoms with Crippen LogP contribution in [0, 0.1) is 5.92 Å². The number of ether oxygens (including phenoxy) is 1. The van der Waals surface area contributed by atoms with E-state index in [0.717, 1.165) is 5.01 Å². The molecule has 0 saturated heterocycles. The van der Waals surface area contributed by atoms with Crippen molar-refractivity contribution in [2.24, 2.45) is 11.0 Å². The summed E-state index contributed by atoms with van der Waals surface area (Å²) in [6, 6.07) is 5.63. The number of amides is 1. The minimum absolute atomic E-state index is 0.00859. The summed E-state index contributed by atoms with van der Waals surface area (Å²) in [4.78, 5) is 35.0. The monoisotopic (exact) mass is 306 g/mol. The van der Waals surface area contributed by atoms with Gasteiger partial charge in [-0.2, -0.15) is 10.1 Å². The van der Waals surface area contributed by atoms with Gasteiger partial charge in [0.15, 0.2) is 5.71 Å². The first-order valence-corrected chi connectivity index (χ1v) is 6.44. The third-order valence-electron chi connectivity index (χ3n) is 3.19. The Kier molecular flexibility index (Phi) is 4.52. The molecule has 1 amide bonds. The van der Waals surface area contributed by atoms with Crippen molar-refractivity contribution in [3.8, 4) is 0 Å². The van der Waals surface area contributed by atoms with Gasteiger partial charge in [0.05, 0.1) is 24.3 Å². The zero-order chi connectivity index (χ0) is 16.3. The second kappa shape index (κ2) is 6.35. The molecule has 0 aromatic heterocycles. The van der Waals surface area contributed by atoms with Crippen LogP contribution in [0.15, 0.2) is 29.4 Å². The highest BCUT2D eigenvalue weighted by atomic mass is 16.5. The molecule has 0 aliphatic carbocycles. The molecular formula is C14H14N2O6. The number of benzene rings is 1. The number of aliphatic hydroxyl groups is 1. The van der Waals surface area contributed by atoms with Crippen LogP contribution >= 0.6 is 0 Å². The van der Waals surface area contributed by atoms with Crippen molar-refractivity contribution in [2.45, 2.75) is 6.42 Å². The highest BCUT2D eigenvalue weighted by molar-refractivity contribution is 6.44. The van der Waals surface area contributed by atoms with Crippen LogP contribution in [0.2, 0.25) is 0 Å². The first kappa shape index (κ1) is 15.6. The molecule has 1 heterocycles. The minimum atomic E-state index is -1.14. The van der Waals surface area contributed by atoms with E-state index in [4.69, 9.17) is 10.2 Å². The van der Waals surface area contributed by atoms with E-state index in [-0.39, 0.29) is 30.0 Å². The molecule has 22 heavy (non-hydrogen) atoms. The second-order valence-corrected chi connectivity index (χ2v) is 4.55. The van der Waals surface area contributed by atoms with E-state index < -0.39 is 23.8 Å². The smallest absolute Gasteiger partial charge is 0.355 e. The zero-order valence-electron chi connectivity index (χ0n) is 11.7. The van der Waals surface area contributed by atoms with Gasteiger partial charge in [0, 0.05) is 6.61 Å². The number of carbonyl (C=O) groups is 3. The molecule has 116 valence electrons. The average Bonchev–Trinajstić information content (AvgIpc) is 2.84. The van der Waals surface area contributed by atoms with Crippen LogP contribution in [0.25, 0.3) is 0 Å². The number of esters is 1. The maximum Gasteiger partial charge on any atom is 0.355 e. The first-order valence-electron chi connectivity index (χ1n) is 6.44. The van der Waals surface area contributed by atoms with Crippen LogP contribution in [0.3, 0.4) is 0 Å². The van der Waals surface area contributed by atoms with Crippen LogP contribution in [0.4, 0.5) is 5.69 Å². The fourth-order valence-electron chi connectivity index (χ4n) is 2.12. The number of aromatic carboxylic acids is 1. The topological polar surface area (TPSA) is 117 Å². The summed E-state index contributed by atoms with van der Waals surface area (Å²) in [6.07, 6.45) is 0.0297. The standard InChI is InChI=1S/C14H14N2O6/c1-22-14(21)11-10(5-6-17)12(18)16(15-11)9-4-2-3-8(7-9)13(19)20/h2-4,7,10,17H,5-6H2,1H3,(H,19,20). The molecule has 0 fully saturated rings. The molecule has 0 spiro atoms. The molecule has 2 N–H and O–H groups in total. The van der Waals surface area contributed by atoms with E-state index in [1.54, 1.807) is 0 Å². The second-order valence-electron chi connectivity index (χ2n) is 4.55. The Balaban J connectivity index is 2.40. The SMILES string of the molecule is COC(=O)C1=NN(c2cccc(C(=O)O)c2)C(=O)C1CCO. The average molecular weight is 306 g/mol. The molecular weight excluding hydrogens is 292 g/mol. The van der Waals surface area contributed by atoms with Crippen molar-refractivity contribution >= 4 is 29.2 Å².